The summed E-state index contributed by atoms with van der Waals surface area (Å²) in [5.74, 6) is 1.40. The normalized spacial score (nSPS) is 29.3. The van der Waals surface area contributed by atoms with Crippen LogP contribution in [0.1, 0.15) is 50.5 Å². The summed E-state index contributed by atoms with van der Waals surface area (Å²) in [6, 6.07) is 7.42. The molecule has 4 aliphatic rings. The molecule has 0 radical (unpaired) electrons. The van der Waals surface area contributed by atoms with Crippen molar-refractivity contribution in [1.82, 2.24) is 5.32 Å². The highest BCUT2D eigenvalue weighted by atomic mass is 16.5. The smallest absolute Gasteiger partial charge is 0.308 e. The quantitative estimate of drug-likeness (QED) is 0.691. The zero-order valence-corrected chi connectivity index (χ0v) is 17.0. The van der Waals surface area contributed by atoms with Gasteiger partial charge in [-0.3, -0.25) is 14.4 Å². The minimum absolute atomic E-state index is 0.0792. The first-order chi connectivity index (χ1) is 13.9. The van der Waals surface area contributed by atoms with Gasteiger partial charge in [0.2, 0.25) is 5.91 Å². The van der Waals surface area contributed by atoms with E-state index in [1.54, 1.807) is 6.07 Å². The van der Waals surface area contributed by atoms with Crippen LogP contribution in [0, 0.1) is 30.1 Å². The fourth-order valence-corrected chi connectivity index (χ4v) is 5.99. The fraction of sp³-hybridized carbons (Fsp3) is 0.609. The molecule has 4 saturated carbocycles. The molecule has 1 aromatic rings. The minimum atomic E-state index is -0.477. The molecule has 4 aliphatic carbocycles. The molecule has 156 valence electrons. The van der Waals surface area contributed by atoms with E-state index >= 15 is 0 Å². The zero-order chi connectivity index (χ0) is 20.4. The number of esters is 1. The van der Waals surface area contributed by atoms with E-state index in [2.05, 4.69) is 10.6 Å². The highest BCUT2D eigenvalue weighted by molar-refractivity contribution is 5.92. The molecule has 2 amide bonds. The maximum Gasteiger partial charge on any atom is 0.308 e. The van der Waals surface area contributed by atoms with Gasteiger partial charge in [0.05, 0.1) is 6.42 Å². The standard InChI is InChI=1S/C23H30N2O4/c1-15-3-2-4-19(7-15)25-20(26)14-29-21(27)5-6-24-22(28)23-11-16-8-17(12-23)10-18(9-16)13-23/h2-4,7,16-18H,5-6,8-14H2,1H3,(H,24,28)(H,25,26). The maximum absolute atomic E-state index is 12.8. The van der Waals surface area contributed by atoms with E-state index < -0.39 is 5.97 Å². The Morgan fingerprint density at radius 3 is 2.34 bits per heavy atom. The molecule has 0 aromatic heterocycles. The highest BCUT2D eigenvalue weighted by Crippen LogP contribution is 2.60. The molecule has 6 nitrogen and oxygen atoms in total. The molecule has 0 saturated heterocycles. The summed E-state index contributed by atoms with van der Waals surface area (Å²) in [4.78, 5) is 36.7. The zero-order valence-electron chi connectivity index (χ0n) is 17.0. The first-order valence-corrected chi connectivity index (χ1v) is 10.7. The third-order valence-electron chi connectivity index (χ3n) is 6.80. The molecular weight excluding hydrogens is 368 g/mol. The Morgan fingerprint density at radius 2 is 1.72 bits per heavy atom. The van der Waals surface area contributed by atoms with E-state index in [1.807, 2.05) is 25.1 Å². The molecule has 1 aromatic carbocycles. The van der Waals surface area contributed by atoms with Crippen molar-refractivity contribution in [2.75, 3.05) is 18.5 Å². The molecule has 29 heavy (non-hydrogen) atoms. The number of carbonyl (C=O) groups excluding carboxylic acids is 3. The van der Waals surface area contributed by atoms with Gasteiger partial charge < -0.3 is 15.4 Å². The van der Waals surface area contributed by atoms with Gasteiger partial charge in [0, 0.05) is 17.6 Å². The van der Waals surface area contributed by atoms with Crippen molar-refractivity contribution in [3.05, 3.63) is 29.8 Å². The Kier molecular flexibility index (Phi) is 5.61. The molecular formula is C23H30N2O4. The van der Waals surface area contributed by atoms with E-state index in [0.29, 0.717) is 23.4 Å². The van der Waals surface area contributed by atoms with Crippen LogP contribution in [-0.2, 0) is 19.1 Å². The average Bonchev–Trinajstić information content (AvgIpc) is 2.65. The number of benzene rings is 1. The van der Waals surface area contributed by atoms with Gasteiger partial charge in [-0.15, -0.1) is 0 Å². The topological polar surface area (TPSA) is 84.5 Å². The molecule has 0 spiro atoms. The van der Waals surface area contributed by atoms with Crippen molar-refractivity contribution in [2.24, 2.45) is 23.2 Å². The lowest BCUT2D eigenvalue weighted by Crippen LogP contribution is -2.53. The number of aryl methyl sites for hydroxylation is 1. The second-order valence-electron chi connectivity index (χ2n) is 9.28. The summed E-state index contributed by atoms with van der Waals surface area (Å²) in [6.07, 6.45) is 6.99. The van der Waals surface area contributed by atoms with Gasteiger partial charge in [-0.25, -0.2) is 0 Å². The van der Waals surface area contributed by atoms with Gasteiger partial charge in [-0.2, -0.15) is 0 Å². The van der Waals surface area contributed by atoms with E-state index in [-0.39, 0.29) is 36.8 Å². The fourth-order valence-electron chi connectivity index (χ4n) is 5.99. The van der Waals surface area contributed by atoms with Crippen molar-refractivity contribution in [1.29, 1.82) is 0 Å². The Balaban J connectivity index is 1.17. The highest BCUT2D eigenvalue weighted by Gasteiger charge is 2.54. The lowest BCUT2D eigenvalue weighted by Gasteiger charge is -2.55. The van der Waals surface area contributed by atoms with Gasteiger partial charge in [0.15, 0.2) is 6.61 Å². The van der Waals surface area contributed by atoms with Crippen molar-refractivity contribution in [2.45, 2.75) is 51.9 Å². The number of hydrogen-bond acceptors (Lipinski definition) is 4. The van der Waals surface area contributed by atoms with Gasteiger partial charge in [0.25, 0.3) is 5.91 Å². The van der Waals surface area contributed by atoms with Crippen molar-refractivity contribution in [3.63, 3.8) is 0 Å². The lowest BCUT2D eigenvalue weighted by molar-refractivity contribution is -0.148. The Morgan fingerprint density at radius 1 is 1.07 bits per heavy atom. The molecule has 6 heteroatoms. The Labute approximate surface area is 171 Å². The van der Waals surface area contributed by atoms with Crippen LogP contribution in [0.5, 0.6) is 0 Å². The number of anilines is 1. The van der Waals surface area contributed by atoms with Crippen molar-refractivity contribution in [3.8, 4) is 0 Å². The molecule has 5 rings (SSSR count). The van der Waals surface area contributed by atoms with Crippen LogP contribution in [0.4, 0.5) is 5.69 Å². The van der Waals surface area contributed by atoms with E-state index in [0.717, 1.165) is 24.8 Å². The predicted octanol–water partition coefficient (Wildman–Crippen LogP) is 3.20. The Hall–Kier alpha value is -2.37. The van der Waals surface area contributed by atoms with E-state index in [1.165, 1.54) is 19.3 Å². The van der Waals surface area contributed by atoms with Gasteiger partial charge in [-0.1, -0.05) is 12.1 Å². The number of ether oxygens (including phenoxy) is 1. The second-order valence-corrected chi connectivity index (χ2v) is 9.28. The van der Waals surface area contributed by atoms with Gasteiger partial charge >= 0.3 is 5.97 Å². The maximum atomic E-state index is 12.8. The molecule has 2 N–H and O–H groups in total. The van der Waals surface area contributed by atoms with Gasteiger partial charge in [-0.05, 0) is 80.9 Å². The summed E-state index contributed by atoms with van der Waals surface area (Å²) in [5.41, 5.74) is 1.51. The summed E-state index contributed by atoms with van der Waals surface area (Å²) in [7, 11) is 0. The van der Waals surface area contributed by atoms with Crippen LogP contribution >= 0.6 is 0 Å². The lowest BCUT2D eigenvalue weighted by atomic mass is 9.49. The summed E-state index contributed by atoms with van der Waals surface area (Å²) < 4.78 is 5.04. The first kappa shape index (κ1) is 19.9. The molecule has 0 atom stereocenters. The van der Waals surface area contributed by atoms with Gasteiger partial charge in [0.1, 0.15) is 0 Å². The van der Waals surface area contributed by atoms with E-state index in [4.69, 9.17) is 4.74 Å². The second kappa shape index (κ2) is 8.17. The van der Waals surface area contributed by atoms with Crippen molar-refractivity contribution >= 4 is 23.5 Å². The third-order valence-corrected chi connectivity index (χ3v) is 6.80. The summed E-state index contributed by atoms with van der Waals surface area (Å²) >= 11 is 0. The first-order valence-electron chi connectivity index (χ1n) is 10.7. The summed E-state index contributed by atoms with van der Waals surface area (Å²) in [6.45, 7) is 1.88. The SMILES string of the molecule is Cc1cccc(NC(=O)COC(=O)CCNC(=O)C23CC4CC(CC(C4)C2)C3)c1. The molecule has 0 heterocycles. The van der Waals surface area contributed by atoms with Crippen LogP contribution in [0.25, 0.3) is 0 Å². The molecule has 0 aliphatic heterocycles. The van der Waals surface area contributed by atoms with Crippen LogP contribution in [0.15, 0.2) is 24.3 Å². The molecule has 0 unspecified atom stereocenters. The molecule has 4 bridgehead atoms. The number of amides is 2. The summed E-state index contributed by atoms with van der Waals surface area (Å²) in [5, 5.41) is 5.66. The Bertz CT molecular complexity index is 769. The predicted molar refractivity (Wildman–Crippen MR) is 109 cm³/mol. The number of nitrogens with one attached hydrogen (secondary N) is 2. The van der Waals surface area contributed by atoms with Crippen molar-refractivity contribution < 1.29 is 19.1 Å². The largest absolute Gasteiger partial charge is 0.456 e. The third kappa shape index (κ3) is 4.62. The number of carbonyl (C=O) groups is 3. The van der Waals surface area contributed by atoms with Crippen LogP contribution in [0.3, 0.4) is 0 Å². The van der Waals surface area contributed by atoms with E-state index in [9.17, 15) is 14.4 Å². The number of rotatable bonds is 7. The monoisotopic (exact) mass is 398 g/mol. The molecule has 4 fully saturated rings. The number of hydrogen-bond donors (Lipinski definition) is 2. The van der Waals surface area contributed by atoms with Crippen LogP contribution < -0.4 is 10.6 Å². The van der Waals surface area contributed by atoms with Crippen LogP contribution in [-0.4, -0.2) is 30.9 Å². The average molecular weight is 399 g/mol. The minimum Gasteiger partial charge on any atom is -0.456 e. The van der Waals surface area contributed by atoms with Crippen LogP contribution in [0.2, 0.25) is 0 Å².